The van der Waals surface area contributed by atoms with Crippen molar-refractivity contribution < 1.29 is 4.74 Å². The Hall–Kier alpha value is -2.75. The van der Waals surface area contributed by atoms with Crippen LogP contribution in [0.4, 0.5) is 0 Å². The normalized spacial score (nSPS) is 29.0. The highest BCUT2D eigenvalue weighted by atomic mass is 16.5. The van der Waals surface area contributed by atoms with Gasteiger partial charge < -0.3 is 15.0 Å². The summed E-state index contributed by atoms with van der Waals surface area (Å²) in [6.07, 6.45) is 1.70. The highest BCUT2D eigenvalue weighted by Crippen LogP contribution is 2.47. The molecule has 0 radical (unpaired) electrons. The van der Waals surface area contributed by atoms with Gasteiger partial charge in [0.1, 0.15) is 6.07 Å². The summed E-state index contributed by atoms with van der Waals surface area (Å²) < 4.78 is 7.83. The zero-order valence-electron chi connectivity index (χ0n) is 13.3. The van der Waals surface area contributed by atoms with Gasteiger partial charge in [-0.05, 0) is 17.7 Å². The molecule has 1 saturated heterocycles. The van der Waals surface area contributed by atoms with Gasteiger partial charge in [0, 0.05) is 30.8 Å². The predicted molar refractivity (Wildman–Crippen MR) is 88.8 cm³/mol. The van der Waals surface area contributed by atoms with Crippen LogP contribution in [0.5, 0.6) is 0 Å². The zero-order chi connectivity index (χ0) is 16.7. The Balaban J connectivity index is 1.84. The number of nitriles is 1. The van der Waals surface area contributed by atoms with E-state index in [0.29, 0.717) is 5.57 Å². The van der Waals surface area contributed by atoms with Gasteiger partial charge in [-0.1, -0.05) is 30.3 Å². The molecular formula is C18H19N5O. The van der Waals surface area contributed by atoms with Crippen molar-refractivity contribution in [1.29, 1.82) is 5.26 Å². The molecule has 2 aromatic rings. The van der Waals surface area contributed by atoms with Crippen LogP contribution in [0.2, 0.25) is 0 Å². The molecule has 4 N–H and O–H groups in total. The quantitative estimate of drug-likeness (QED) is 0.782. The van der Waals surface area contributed by atoms with Gasteiger partial charge in [-0.3, -0.25) is 0 Å². The average Bonchev–Trinajstić information content (AvgIpc) is 3.20. The Labute approximate surface area is 140 Å². The summed E-state index contributed by atoms with van der Waals surface area (Å²) in [6.45, 7) is 0. The summed E-state index contributed by atoms with van der Waals surface area (Å²) in [4.78, 5) is 0. The lowest BCUT2D eigenvalue weighted by Gasteiger charge is -2.35. The summed E-state index contributed by atoms with van der Waals surface area (Å²) in [6, 6.07) is 16.5. The molecule has 4 unspecified atom stereocenters. The van der Waals surface area contributed by atoms with E-state index in [1.165, 1.54) is 0 Å². The van der Waals surface area contributed by atoms with Gasteiger partial charge in [-0.2, -0.15) is 5.26 Å². The first-order valence-corrected chi connectivity index (χ1v) is 7.94. The van der Waals surface area contributed by atoms with E-state index < -0.39 is 0 Å². The summed E-state index contributed by atoms with van der Waals surface area (Å²) in [5.74, 6) is 0.0809. The Morgan fingerprint density at radius 2 is 1.96 bits per heavy atom. The third-order valence-electron chi connectivity index (χ3n) is 4.91. The van der Waals surface area contributed by atoms with Crippen molar-refractivity contribution in [3.05, 3.63) is 71.4 Å². The Kier molecular flexibility index (Phi) is 3.53. The number of hydrazine groups is 1. The van der Waals surface area contributed by atoms with Gasteiger partial charge in [-0.25, -0.2) is 10.9 Å². The van der Waals surface area contributed by atoms with Gasteiger partial charge >= 0.3 is 0 Å². The third-order valence-corrected chi connectivity index (χ3v) is 4.91. The van der Waals surface area contributed by atoms with Gasteiger partial charge in [-0.15, -0.1) is 0 Å². The first-order valence-electron chi connectivity index (χ1n) is 7.94. The predicted octanol–water partition coefficient (Wildman–Crippen LogP) is 1.62. The summed E-state index contributed by atoms with van der Waals surface area (Å²) in [5.41, 5.74) is 15.2. The molecule has 3 heterocycles. The summed E-state index contributed by atoms with van der Waals surface area (Å²) in [5, 5.41) is 9.68. The number of benzene rings is 1. The number of hydrogen-bond donors (Lipinski definition) is 3. The Bertz CT molecular complexity index is 819. The molecule has 4 rings (SSSR count). The van der Waals surface area contributed by atoms with Crippen LogP contribution in [-0.4, -0.2) is 10.8 Å². The van der Waals surface area contributed by atoms with Crippen LogP contribution in [0, 0.1) is 17.2 Å². The summed E-state index contributed by atoms with van der Waals surface area (Å²) in [7, 11) is 1.98. The molecule has 6 heteroatoms. The molecule has 2 aliphatic heterocycles. The average molecular weight is 321 g/mol. The van der Waals surface area contributed by atoms with Gasteiger partial charge in [0.25, 0.3) is 0 Å². The monoisotopic (exact) mass is 321 g/mol. The molecule has 1 fully saturated rings. The Morgan fingerprint density at radius 1 is 1.17 bits per heavy atom. The Morgan fingerprint density at radius 3 is 2.62 bits per heavy atom. The van der Waals surface area contributed by atoms with Gasteiger partial charge in [0.15, 0.2) is 6.23 Å². The van der Waals surface area contributed by atoms with Crippen molar-refractivity contribution in [3.63, 3.8) is 0 Å². The molecule has 4 atom stereocenters. The molecular weight excluding hydrogens is 302 g/mol. The van der Waals surface area contributed by atoms with Crippen molar-refractivity contribution >= 4 is 0 Å². The van der Waals surface area contributed by atoms with E-state index in [2.05, 4.69) is 29.1 Å². The number of nitrogens with one attached hydrogen (secondary N) is 2. The maximum atomic E-state index is 9.68. The van der Waals surface area contributed by atoms with E-state index in [0.717, 1.165) is 11.3 Å². The van der Waals surface area contributed by atoms with Crippen molar-refractivity contribution in [2.24, 2.45) is 18.7 Å². The third kappa shape index (κ3) is 2.18. The van der Waals surface area contributed by atoms with Gasteiger partial charge in [0.05, 0.1) is 11.6 Å². The maximum absolute atomic E-state index is 9.68. The minimum atomic E-state index is -0.285. The van der Waals surface area contributed by atoms with Crippen molar-refractivity contribution in [1.82, 2.24) is 15.4 Å². The largest absolute Gasteiger partial charge is 0.458 e. The lowest BCUT2D eigenvalue weighted by molar-refractivity contribution is 0.0331. The fourth-order valence-corrected chi connectivity index (χ4v) is 3.79. The van der Waals surface area contributed by atoms with Crippen molar-refractivity contribution in [3.8, 4) is 6.07 Å². The highest BCUT2D eigenvalue weighted by molar-refractivity contribution is 5.41. The second-order valence-corrected chi connectivity index (χ2v) is 6.20. The number of allylic oxidation sites excluding steroid dienone is 1. The van der Waals surface area contributed by atoms with Crippen LogP contribution in [0.1, 0.15) is 23.2 Å². The number of rotatable bonds is 2. The zero-order valence-corrected chi connectivity index (χ0v) is 13.3. The molecule has 1 aromatic carbocycles. The molecule has 0 spiro atoms. The second kappa shape index (κ2) is 5.71. The fourth-order valence-electron chi connectivity index (χ4n) is 3.79. The molecule has 0 saturated carbocycles. The molecule has 1 aromatic heterocycles. The SMILES string of the molecule is Cn1cccc1C1C(C#N)=C(N)OC2NNC(c3ccccc3)C21. The van der Waals surface area contributed by atoms with E-state index in [4.69, 9.17) is 10.5 Å². The molecule has 0 aliphatic carbocycles. The smallest absolute Gasteiger partial charge is 0.200 e. The molecule has 6 nitrogen and oxygen atoms in total. The summed E-state index contributed by atoms with van der Waals surface area (Å²) >= 11 is 0. The maximum Gasteiger partial charge on any atom is 0.200 e. The lowest BCUT2D eigenvalue weighted by Crippen LogP contribution is -2.41. The molecule has 2 aliphatic rings. The first kappa shape index (κ1) is 14.8. The van der Waals surface area contributed by atoms with E-state index >= 15 is 0 Å². The van der Waals surface area contributed by atoms with Crippen molar-refractivity contribution in [2.45, 2.75) is 18.2 Å². The van der Waals surface area contributed by atoms with Crippen LogP contribution < -0.4 is 16.6 Å². The van der Waals surface area contributed by atoms with E-state index in [1.54, 1.807) is 0 Å². The molecule has 0 bridgehead atoms. The molecule has 122 valence electrons. The standard InChI is InChI=1S/C18H19N5O/c1-23-9-5-8-13(23)14-12(10-19)17(20)24-18-15(14)16(21-22-18)11-6-3-2-4-7-11/h2-9,14-16,18,21-22H,20H2,1H3. The molecule has 24 heavy (non-hydrogen) atoms. The number of nitrogens with two attached hydrogens (primary N) is 1. The van der Waals surface area contributed by atoms with Crippen LogP contribution in [0.15, 0.2) is 60.1 Å². The van der Waals surface area contributed by atoms with Crippen molar-refractivity contribution in [2.75, 3.05) is 0 Å². The van der Waals surface area contributed by atoms with Crippen LogP contribution in [0.3, 0.4) is 0 Å². The highest BCUT2D eigenvalue weighted by Gasteiger charge is 2.49. The minimum absolute atomic E-state index is 0.0166. The van der Waals surface area contributed by atoms with Crippen LogP contribution in [0.25, 0.3) is 0 Å². The van der Waals surface area contributed by atoms with E-state index in [-0.39, 0.29) is 30.0 Å². The van der Waals surface area contributed by atoms with Gasteiger partial charge in [0.2, 0.25) is 5.88 Å². The van der Waals surface area contributed by atoms with E-state index in [9.17, 15) is 5.26 Å². The number of nitrogens with zero attached hydrogens (tertiary/aromatic N) is 2. The number of ether oxygens (including phenoxy) is 1. The van der Waals surface area contributed by atoms with Crippen LogP contribution >= 0.6 is 0 Å². The lowest BCUT2D eigenvalue weighted by atomic mass is 9.76. The van der Waals surface area contributed by atoms with E-state index in [1.807, 2.05) is 48.1 Å². The second-order valence-electron chi connectivity index (χ2n) is 6.20. The fraction of sp³-hybridized carbons (Fsp3) is 0.278. The van der Waals surface area contributed by atoms with Crippen LogP contribution in [-0.2, 0) is 11.8 Å². The first-order chi connectivity index (χ1) is 11.7. The number of fused-ring (bicyclic) bond motifs is 1. The number of aryl methyl sites for hydroxylation is 1. The molecule has 0 amide bonds. The number of aromatic nitrogens is 1. The number of hydrogen-bond acceptors (Lipinski definition) is 5. The topological polar surface area (TPSA) is 88.0 Å². The minimum Gasteiger partial charge on any atom is -0.458 e.